The monoisotopic (exact) mass is 499 g/mol. The molecule has 1 fully saturated rings. The van der Waals surface area contributed by atoms with Gasteiger partial charge in [-0.25, -0.2) is 9.97 Å². The van der Waals surface area contributed by atoms with Crippen molar-refractivity contribution in [3.63, 3.8) is 0 Å². The lowest BCUT2D eigenvalue weighted by molar-refractivity contribution is -0.0509. The molecule has 0 spiro atoms. The van der Waals surface area contributed by atoms with Gasteiger partial charge < -0.3 is 24.6 Å². The van der Waals surface area contributed by atoms with Gasteiger partial charge >= 0.3 is 0 Å². The second kappa shape index (κ2) is 8.02. The molecule has 4 atom stereocenters. The third-order valence-corrected chi connectivity index (χ3v) is 6.42. The van der Waals surface area contributed by atoms with E-state index in [-0.39, 0.29) is 6.61 Å². The van der Waals surface area contributed by atoms with Gasteiger partial charge in [0.25, 0.3) is 0 Å². The smallest absolute Gasteiger partial charge is 0.164 e. The largest absolute Gasteiger partial charge is 0.394 e. The molecule has 142 valence electrons. The molecule has 3 aromatic rings. The Balaban J connectivity index is 1.67. The number of aromatic nitrogens is 3. The Morgan fingerprint density at radius 1 is 1.15 bits per heavy atom. The molecule has 7 nitrogen and oxygen atoms in total. The van der Waals surface area contributed by atoms with Crippen molar-refractivity contribution >= 4 is 45.4 Å². The number of rotatable bonds is 5. The highest BCUT2D eigenvalue weighted by molar-refractivity contribution is 14.1. The van der Waals surface area contributed by atoms with Crippen molar-refractivity contribution in [1.82, 2.24) is 14.5 Å². The quantitative estimate of drug-likeness (QED) is 0.280. The highest BCUT2D eigenvalue weighted by Gasteiger charge is 2.44. The molecule has 0 amide bonds. The van der Waals surface area contributed by atoms with Crippen LogP contribution in [0.15, 0.2) is 47.9 Å². The first-order valence-electron chi connectivity index (χ1n) is 8.40. The fourth-order valence-electron chi connectivity index (χ4n) is 3.15. The molecule has 0 unspecified atom stereocenters. The maximum Gasteiger partial charge on any atom is 0.164 e. The zero-order valence-corrected chi connectivity index (χ0v) is 17.1. The van der Waals surface area contributed by atoms with Crippen LogP contribution >= 0.6 is 34.4 Å². The number of ether oxygens (including phenoxy) is 1. The molecule has 1 aliphatic rings. The Morgan fingerprint density at radius 3 is 2.63 bits per heavy atom. The third kappa shape index (κ3) is 3.59. The van der Waals surface area contributed by atoms with Crippen LogP contribution in [-0.4, -0.2) is 54.8 Å². The summed E-state index contributed by atoms with van der Waals surface area (Å²) < 4.78 is 8.28. The summed E-state index contributed by atoms with van der Waals surface area (Å²) in [6.45, 7) is -0.363. The van der Waals surface area contributed by atoms with E-state index < -0.39 is 24.5 Å². The predicted molar refractivity (Wildman–Crippen MR) is 109 cm³/mol. The van der Waals surface area contributed by atoms with Crippen LogP contribution in [0, 0.1) is 3.57 Å². The van der Waals surface area contributed by atoms with E-state index in [1.54, 1.807) is 16.3 Å². The van der Waals surface area contributed by atoms with Gasteiger partial charge in [0.1, 0.15) is 35.3 Å². The van der Waals surface area contributed by atoms with E-state index in [2.05, 4.69) is 44.7 Å². The van der Waals surface area contributed by atoms with E-state index in [1.165, 1.54) is 11.9 Å². The number of hydrogen-bond donors (Lipinski definition) is 3. The zero-order chi connectivity index (χ0) is 19.0. The molecule has 0 radical (unpaired) electrons. The topological polar surface area (TPSA) is 101 Å². The first-order valence-corrected chi connectivity index (χ1v) is 10.5. The SMILES string of the molecule is OC[C@H]1O[C@@H](n2cc(I)c3c(SCc4ccccc4)ncnc32)[C@H](O)[C@@H]1O. The Labute approximate surface area is 173 Å². The van der Waals surface area contributed by atoms with Gasteiger partial charge in [-0.05, 0) is 28.2 Å². The molecule has 1 aliphatic heterocycles. The number of aliphatic hydroxyl groups is 3. The molecule has 1 aromatic carbocycles. The molecule has 3 N–H and O–H groups in total. The highest BCUT2D eigenvalue weighted by Crippen LogP contribution is 2.37. The number of thioether (sulfide) groups is 1. The van der Waals surface area contributed by atoms with Gasteiger partial charge in [-0.3, -0.25) is 0 Å². The molecule has 0 saturated carbocycles. The summed E-state index contributed by atoms with van der Waals surface area (Å²) in [5.41, 5.74) is 1.83. The Hall–Kier alpha value is -1.24. The molecular weight excluding hydrogens is 481 g/mol. The second-order valence-corrected chi connectivity index (χ2v) is 8.39. The Bertz CT molecular complexity index is 939. The summed E-state index contributed by atoms with van der Waals surface area (Å²) in [7, 11) is 0. The number of aliphatic hydroxyl groups excluding tert-OH is 3. The fourth-order valence-corrected chi connectivity index (χ4v) is 5.10. The maximum absolute atomic E-state index is 10.3. The molecule has 0 bridgehead atoms. The van der Waals surface area contributed by atoms with Gasteiger partial charge in [-0.2, -0.15) is 0 Å². The zero-order valence-electron chi connectivity index (χ0n) is 14.1. The van der Waals surface area contributed by atoms with Crippen LogP contribution in [0.25, 0.3) is 11.0 Å². The van der Waals surface area contributed by atoms with Crippen molar-refractivity contribution < 1.29 is 20.1 Å². The molecule has 2 aromatic heterocycles. The van der Waals surface area contributed by atoms with Gasteiger partial charge in [-0.1, -0.05) is 30.3 Å². The lowest BCUT2D eigenvalue weighted by Gasteiger charge is -2.17. The maximum atomic E-state index is 10.3. The summed E-state index contributed by atoms with van der Waals surface area (Å²) in [6.07, 6.45) is -0.622. The fraction of sp³-hybridized carbons (Fsp3) is 0.333. The van der Waals surface area contributed by atoms with E-state index in [0.717, 1.165) is 19.7 Å². The second-order valence-electron chi connectivity index (χ2n) is 6.26. The number of benzene rings is 1. The lowest BCUT2D eigenvalue weighted by Crippen LogP contribution is -2.33. The standard InChI is InChI=1S/C18H18IN3O4S/c19-11-6-22(18-15(25)14(24)12(7-23)26-18)16-13(11)17(21-9-20-16)27-8-10-4-2-1-3-5-10/h1-6,9,12,14-15,18,23-25H,7-8H2/t12-,14-,15-,18-/m1/s1. The minimum absolute atomic E-state index is 0.363. The van der Waals surface area contributed by atoms with Crippen molar-refractivity contribution in [2.45, 2.75) is 35.3 Å². The summed E-state index contributed by atoms with van der Waals surface area (Å²) in [4.78, 5) is 8.80. The van der Waals surface area contributed by atoms with E-state index in [4.69, 9.17) is 4.74 Å². The number of halogens is 1. The minimum atomic E-state index is -1.15. The Morgan fingerprint density at radius 2 is 1.93 bits per heavy atom. The van der Waals surface area contributed by atoms with Gasteiger partial charge in [0.2, 0.25) is 0 Å². The summed E-state index contributed by atoms with van der Waals surface area (Å²) in [6, 6.07) is 10.1. The molecule has 9 heteroatoms. The minimum Gasteiger partial charge on any atom is -0.394 e. The normalized spacial score (nSPS) is 25.3. The van der Waals surface area contributed by atoms with Gasteiger partial charge in [0.05, 0.1) is 12.0 Å². The number of nitrogens with zero attached hydrogens (tertiary/aromatic N) is 3. The van der Waals surface area contributed by atoms with Crippen LogP contribution in [0.1, 0.15) is 11.8 Å². The van der Waals surface area contributed by atoms with Crippen LogP contribution in [0.2, 0.25) is 0 Å². The molecular formula is C18H18IN3O4S. The predicted octanol–water partition coefficient (Wildman–Crippen LogP) is 1.94. The van der Waals surface area contributed by atoms with E-state index in [9.17, 15) is 15.3 Å². The van der Waals surface area contributed by atoms with Crippen molar-refractivity contribution in [2.24, 2.45) is 0 Å². The van der Waals surface area contributed by atoms with Crippen LogP contribution < -0.4 is 0 Å². The summed E-state index contributed by atoms with van der Waals surface area (Å²) in [5.74, 6) is 0.780. The summed E-state index contributed by atoms with van der Waals surface area (Å²) >= 11 is 3.83. The van der Waals surface area contributed by atoms with Gasteiger partial charge in [-0.15, -0.1) is 11.8 Å². The van der Waals surface area contributed by atoms with Crippen molar-refractivity contribution in [3.8, 4) is 0 Å². The number of hydrogen-bond acceptors (Lipinski definition) is 7. The molecule has 0 aliphatic carbocycles. The van der Waals surface area contributed by atoms with E-state index in [0.29, 0.717) is 5.65 Å². The highest BCUT2D eigenvalue weighted by atomic mass is 127. The molecule has 4 rings (SSSR count). The van der Waals surface area contributed by atoms with Crippen molar-refractivity contribution in [1.29, 1.82) is 0 Å². The van der Waals surface area contributed by atoms with Gasteiger partial charge in [0, 0.05) is 15.5 Å². The van der Waals surface area contributed by atoms with Gasteiger partial charge in [0.15, 0.2) is 6.23 Å². The summed E-state index contributed by atoms with van der Waals surface area (Å²) in [5, 5.41) is 31.4. The first-order chi connectivity index (χ1) is 13.1. The third-order valence-electron chi connectivity index (χ3n) is 4.54. The lowest BCUT2D eigenvalue weighted by atomic mass is 10.1. The van der Waals surface area contributed by atoms with Crippen molar-refractivity contribution in [2.75, 3.05) is 6.61 Å². The first kappa shape index (κ1) is 19.1. The van der Waals surface area contributed by atoms with E-state index in [1.807, 2.05) is 24.4 Å². The average molecular weight is 499 g/mol. The molecule has 3 heterocycles. The Kier molecular flexibility index (Phi) is 5.67. The van der Waals surface area contributed by atoms with E-state index >= 15 is 0 Å². The number of fused-ring (bicyclic) bond motifs is 1. The van der Waals surface area contributed by atoms with Crippen LogP contribution in [0.4, 0.5) is 0 Å². The average Bonchev–Trinajstić information content (AvgIpc) is 3.18. The van der Waals surface area contributed by atoms with Crippen LogP contribution in [0.5, 0.6) is 0 Å². The molecule has 1 saturated heterocycles. The molecule has 27 heavy (non-hydrogen) atoms. The van der Waals surface area contributed by atoms with Crippen LogP contribution in [-0.2, 0) is 10.5 Å². The van der Waals surface area contributed by atoms with Crippen molar-refractivity contribution in [3.05, 3.63) is 52.0 Å². The van der Waals surface area contributed by atoms with Crippen LogP contribution in [0.3, 0.4) is 0 Å².